The lowest BCUT2D eigenvalue weighted by molar-refractivity contribution is -0.116. The third-order valence-corrected chi connectivity index (χ3v) is 6.15. The maximum Gasteiger partial charge on any atom is 0.228 e. The number of aromatic nitrogens is 2. The summed E-state index contributed by atoms with van der Waals surface area (Å²) < 4.78 is 26.5. The number of sulfonamides is 1. The number of rotatable bonds is 4. The highest BCUT2D eigenvalue weighted by Gasteiger charge is 2.28. The van der Waals surface area contributed by atoms with Gasteiger partial charge in [-0.05, 0) is 18.6 Å². The smallest absolute Gasteiger partial charge is 0.228 e. The van der Waals surface area contributed by atoms with Crippen molar-refractivity contribution in [2.75, 3.05) is 24.2 Å². The fraction of sp³-hybridized carbons (Fsp3) is 0.429. The summed E-state index contributed by atoms with van der Waals surface area (Å²) in [5, 5.41) is 3.27. The van der Waals surface area contributed by atoms with Crippen LogP contribution in [0.15, 0.2) is 18.2 Å². The number of hydrogen-bond donors (Lipinski definition) is 1. The van der Waals surface area contributed by atoms with Gasteiger partial charge < -0.3 is 4.57 Å². The molecule has 0 unspecified atom stereocenters. The van der Waals surface area contributed by atoms with Crippen LogP contribution in [0.5, 0.6) is 0 Å². The fourth-order valence-corrected chi connectivity index (χ4v) is 4.51. The van der Waals surface area contributed by atoms with E-state index in [-0.39, 0.29) is 24.6 Å². The van der Waals surface area contributed by atoms with E-state index in [9.17, 15) is 13.2 Å². The molecule has 9 heteroatoms. The third kappa shape index (κ3) is 3.19. The number of nitrogens with zero attached hydrogens (tertiary/aromatic N) is 3. The first-order valence-electron chi connectivity index (χ1n) is 7.27. The molecule has 1 aromatic heterocycles. The van der Waals surface area contributed by atoms with Crippen molar-refractivity contribution in [3.63, 3.8) is 0 Å². The molecule has 0 bridgehead atoms. The Morgan fingerprint density at radius 1 is 1.43 bits per heavy atom. The minimum Gasteiger partial charge on any atom is -0.312 e. The Kier molecular flexibility index (Phi) is 4.31. The summed E-state index contributed by atoms with van der Waals surface area (Å²) in [7, 11) is -1.41. The van der Waals surface area contributed by atoms with Gasteiger partial charge in [-0.1, -0.05) is 17.7 Å². The number of fused-ring (bicyclic) bond motifs is 1. The van der Waals surface area contributed by atoms with Crippen LogP contribution < -0.4 is 5.32 Å². The number of anilines is 1. The number of benzene rings is 1. The first-order valence-corrected chi connectivity index (χ1v) is 9.26. The van der Waals surface area contributed by atoms with Crippen LogP contribution in [0.1, 0.15) is 12.8 Å². The molecule has 1 aromatic carbocycles. The summed E-state index contributed by atoms with van der Waals surface area (Å²) in [5.41, 5.74) is 1.43. The minimum absolute atomic E-state index is 0.0934. The van der Waals surface area contributed by atoms with E-state index < -0.39 is 10.0 Å². The first-order chi connectivity index (χ1) is 10.9. The SMILES string of the molecule is Cn1c(NC(=O)CCN2CCCS2(=O)=O)nc2cccc(Cl)c21. The molecule has 3 rings (SSSR count). The largest absolute Gasteiger partial charge is 0.312 e. The molecule has 0 radical (unpaired) electrons. The molecule has 0 aliphatic carbocycles. The molecule has 23 heavy (non-hydrogen) atoms. The van der Waals surface area contributed by atoms with Crippen molar-refractivity contribution in [1.29, 1.82) is 0 Å². The van der Waals surface area contributed by atoms with Gasteiger partial charge in [0.05, 0.1) is 21.8 Å². The Balaban J connectivity index is 1.69. The second-order valence-electron chi connectivity index (χ2n) is 5.47. The average Bonchev–Trinajstić information content (AvgIpc) is 2.98. The molecule has 0 atom stereocenters. The molecule has 124 valence electrons. The van der Waals surface area contributed by atoms with Crippen LogP contribution in [-0.2, 0) is 21.9 Å². The zero-order valence-corrected chi connectivity index (χ0v) is 14.2. The van der Waals surface area contributed by atoms with Crippen molar-refractivity contribution in [2.45, 2.75) is 12.8 Å². The molecule has 7 nitrogen and oxygen atoms in total. The van der Waals surface area contributed by atoms with E-state index in [0.29, 0.717) is 29.5 Å². The van der Waals surface area contributed by atoms with E-state index in [1.54, 1.807) is 23.7 Å². The lowest BCUT2D eigenvalue weighted by Crippen LogP contribution is -2.29. The Bertz CT molecular complexity index is 862. The Morgan fingerprint density at radius 3 is 2.87 bits per heavy atom. The van der Waals surface area contributed by atoms with Crippen molar-refractivity contribution >= 4 is 44.5 Å². The van der Waals surface area contributed by atoms with Crippen molar-refractivity contribution in [3.05, 3.63) is 23.2 Å². The Hall–Kier alpha value is -1.64. The zero-order chi connectivity index (χ0) is 16.6. The van der Waals surface area contributed by atoms with Gasteiger partial charge in [0.1, 0.15) is 0 Å². The lowest BCUT2D eigenvalue weighted by atomic mass is 10.3. The predicted octanol–water partition coefficient (Wildman–Crippen LogP) is 1.59. The Morgan fingerprint density at radius 2 is 2.22 bits per heavy atom. The normalized spacial score (nSPS) is 17.7. The second kappa shape index (κ2) is 6.10. The van der Waals surface area contributed by atoms with Gasteiger partial charge in [0.25, 0.3) is 0 Å². The quantitative estimate of drug-likeness (QED) is 0.901. The van der Waals surface area contributed by atoms with Crippen LogP contribution in [0.2, 0.25) is 5.02 Å². The summed E-state index contributed by atoms with van der Waals surface area (Å²) >= 11 is 6.14. The zero-order valence-electron chi connectivity index (χ0n) is 12.6. The van der Waals surface area contributed by atoms with Crippen LogP contribution in [-0.4, -0.2) is 47.0 Å². The number of para-hydroxylation sites is 1. The Labute approximate surface area is 139 Å². The molecule has 1 fully saturated rings. The maximum atomic E-state index is 12.1. The maximum absolute atomic E-state index is 12.1. The van der Waals surface area contributed by atoms with Gasteiger partial charge in [0.2, 0.25) is 21.9 Å². The van der Waals surface area contributed by atoms with E-state index in [4.69, 9.17) is 11.6 Å². The molecule has 1 amide bonds. The summed E-state index contributed by atoms with van der Waals surface area (Å²) in [6, 6.07) is 5.37. The topological polar surface area (TPSA) is 84.3 Å². The van der Waals surface area contributed by atoms with E-state index >= 15 is 0 Å². The summed E-state index contributed by atoms with van der Waals surface area (Å²) in [4.78, 5) is 16.4. The first kappa shape index (κ1) is 16.2. The highest BCUT2D eigenvalue weighted by molar-refractivity contribution is 7.89. The molecule has 1 aliphatic heterocycles. The highest BCUT2D eigenvalue weighted by Crippen LogP contribution is 2.25. The van der Waals surface area contributed by atoms with E-state index in [1.807, 2.05) is 6.07 Å². The van der Waals surface area contributed by atoms with E-state index in [1.165, 1.54) is 4.31 Å². The van der Waals surface area contributed by atoms with Gasteiger partial charge in [0.15, 0.2) is 0 Å². The lowest BCUT2D eigenvalue weighted by Gasteiger charge is -2.13. The summed E-state index contributed by atoms with van der Waals surface area (Å²) in [6.45, 7) is 0.677. The van der Waals surface area contributed by atoms with Crippen LogP contribution >= 0.6 is 11.6 Å². The standard InChI is InChI=1S/C14H17ClN4O3S/c1-18-13-10(15)4-2-5-11(13)16-14(18)17-12(20)6-8-19-7-3-9-23(19,21)22/h2,4-5H,3,6-9H2,1H3,(H,16,17,20). The monoisotopic (exact) mass is 356 g/mol. The molecular weight excluding hydrogens is 340 g/mol. The van der Waals surface area contributed by atoms with Crippen LogP contribution in [0, 0.1) is 0 Å². The number of carbonyl (C=O) groups is 1. The van der Waals surface area contributed by atoms with Crippen LogP contribution in [0.3, 0.4) is 0 Å². The molecule has 0 saturated carbocycles. The summed E-state index contributed by atoms with van der Waals surface area (Å²) in [6.07, 6.45) is 0.712. The van der Waals surface area contributed by atoms with Crippen LogP contribution in [0.25, 0.3) is 11.0 Å². The molecule has 2 heterocycles. The molecule has 2 aromatic rings. The summed E-state index contributed by atoms with van der Waals surface area (Å²) in [5.74, 6) is 0.279. The van der Waals surface area contributed by atoms with Crippen LogP contribution in [0.4, 0.5) is 5.95 Å². The number of amides is 1. The van der Waals surface area contributed by atoms with Gasteiger partial charge in [-0.15, -0.1) is 0 Å². The van der Waals surface area contributed by atoms with Gasteiger partial charge >= 0.3 is 0 Å². The molecule has 1 aliphatic rings. The molecule has 1 saturated heterocycles. The number of aryl methyl sites for hydroxylation is 1. The number of carbonyl (C=O) groups excluding carboxylic acids is 1. The van der Waals surface area contributed by atoms with Crippen molar-refractivity contribution in [1.82, 2.24) is 13.9 Å². The molecule has 1 N–H and O–H groups in total. The van der Waals surface area contributed by atoms with Crippen molar-refractivity contribution in [2.24, 2.45) is 7.05 Å². The van der Waals surface area contributed by atoms with Gasteiger partial charge in [0, 0.05) is 26.6 Å². The minimum atomic E-state index is -3.17. The van der Waals surface area contributed by atoms with Crippen molar-refractivity contribution in [3.8, 4) is 0 Å². The third-order valence-electron chi connectivity index (χ3n) is 3.89. The van der Waals surface area contributed by atoms with E-state index in [0.717, 1.165) is 5.52 Å². The second-order valence-corrected chi connectivity index (χ2v) is 7.96. The van der Waals surface area contributed by atoms with Gasteiger partial charge in [-0.3, -0.25) is 10.1 Å². The van der Waals surface area contributed by atoms with Gasteiger partial charge in [-0.2, -0.15) is 0 Å². The van der Waals surface area contributed by atoms with Gasteiger partial charge in [-0.25, -0.2) is 17.7 Å². The average molecular weight is 357 g/mol. The van der Waals surface area contributed by atoms with Crippen molar-refractivity contribution < 1.29 is 13.2 Å². The number of nitrogens with one attached hydrogen (secondary N) is 1. The number of halogens is 1. The molecular formula is C14H17ClN4O3S. The highest BCUT2D eigenvalue weighted by atomic mass is 35.5. The predicted molar refractivity (Wildman–Crippen MR) is 88.9 cm³/mol. The molecule has 0 spiro atoms. The number of imidazole rings is 1. The fourth-order valence-electron chi connectivity index (χ4n) is 2.69. The van der Waals surface area contributed by atoms with E-state index in [2.05, 4.69) is 10.3 Å². The number of hydrogen-bond acceptors (Lipinski definition) is 4.